The Kier molecular flexibility index (Phi) is 3.12. The normalized spacial score (nSPS) is 19.2. The first kappa shape index (κ1) is 11.4. The van der Waals surface area contributed by atoms with Gasteiger partial charge >= 0.3 is 5.97 Å². The van der Waals surface area contributed by atoms with E-state index in [1.54, 1.807) is 6.07 Å². The van der Waals surface area contributed by atoms with E-state index in [4.69, 9.17) is 21.4 Å². The smallest absolute Gasteiger partial charge is 0.337 e. The van der Waals surface area contributed by atoms with Crippen molar-refractivity contribution in [2.24, 2.45) is 0 Å². The summed E-state index contributed by atoms with van der Waals surface area (Å²) in [5, 5.41) is 8.95. The molecule has 16 heavy (non-hydrogen) atoms. The SMILES string of the molecule is O=C(O)[C@@H]1OCCc2c(CCl)ccc(F)c21. The molecule has 1 aromatic rings. The van der Waals surface area contributed by atoms with Gasteiger partial charge in [0.1, 0.15) is 5.82 Å². The molecule has 1 aliphatic rings. The summed E-state index contributed by atoms with van der Waals surface area (Å²) in [6.07, 6.45) is -0.717. The number of halogens is 2. The van der Waals surface area contributed by atoms with Crippen LogP contribution in [-0.2, 0) is 21.8 Å². The number of rotatable bonds is 2. The van der Waals surface area contributed by atoms with Crippen LogP contribution in [0.4, 0.5) is 4.39 Å². The van der Waals surface area contributed by atoms with Gasteiger partial charge in [-0.25, -0.2) is 9.18 Å². The van der Waals surface area contributed by atoms with Crippen LogP contribution in [0.5, 0.6) is 0 Å². The van der Waals surface area contributed by atoms with Gasteiger partial charge in [-0.05, 0) is 23.6 Å². The lowest BCUT2D eigenvalue weighted by molar-refractivity contribution is -0.152. The molecule has 0 spiro atoms. The Morgan fingerprint density at radius 3 is 3.00 bits per heavy atom. The molecule has 2 rings (SSSR count). The summed E-state index contributed by atoms with van der Waals surface area (Å²) in [6, 6.07) is 2.83. The van der Waals surface area contributed by atoms with E-state index >= 15 is 0 Å². The third-order valence-electron chi connectivity index (χ3n) is 2.67. The van der Waals surface area contributed by atoms with Crippen LogP contribution in [-0.4, -0.2) is 17.7 Å². The lowest BCUT2D eigenvalue weighted by Crippen LogP contribution is -2.25. The highest BCUT2D eigenvalue weighted by molar-refractivity contribution is 6.17. The van der Waals surface area contributed by atoms with E-state index in [0.717, 1.165) is 5.56 Å². The first-order valence-electron chi connectivity index (χ1n) is 4.85. The Morgan fingerprint density at radius 1 is 1.62 bits per heavy atom. The molecule has 0 aliphatic carbocycles. The second-order valence-electron chi connectivity index (χ2n) is 3.57. The topological polar surface area (TPSA) is 46.5 Å². The molecule has 0 bridgehead atoms. The number of fused-ring (bicyclic) bond motifs is 1. The fourth-order valence-corrected chi connectivity index (χ4v) is 2.19. The van der Waals surface area contributed by atoms with Crippen molar-refractivity contribution in [2.75, 3.05) is 6.61 Å². The van der Waals surface area contributed by atoms with E-state index in [9.17, 15) is 9.18 Å². The maximum atomic E-state index is 13.6. The summed E-state index contributed by atoms with van der Waals surface area (Å²) in [7, 11) is 0. The van der Waals surface area contributed by atoms with Crippen molar-refractivity contribution in [2.45, 2.75) is 18.4 Å². The van der Waals surface area contributed by atoms with Crippen molar-refractivity contribution >= 4 is 17.6 Å². The van der Waals surface area contributed by atoms with Gasteiger partial charge in [-0.2, -0.15) is 0 Å². The molecular formula is C11H10ClFO3. The maximum Gasteiger partial charge on any atom is 0.337 e. The first-order valence-corrected chi connectivity index (χ1v) is 5.39. The van der Waals surface area contributed by atoms with Gasteiger partial charge in [0.25, 0.3) is 0 Å². The van der Waals surface area contributed by atoms with Gasteiger partial charge in [0, 0.05) is 11.4 Å². The Labute approximate surface area is 96.8 Å². The lowest BCUT2D eigenvalue weighted by atomic mass is 9.93. The molecule has 0 saturated heterocycles. The molecule has 86 valence electrons. The zero-order valence-corrected chi connectivity index (χ0v) is 9.13. The average Bonchev–Trinajstić information content (AvgIpc) is 2.29. The number of aliphatic carboxylic acids is 1. The molecule has 0 amide bonds. The molecule has 1 N–H and O–H groups in total. The number of alkyl halides is 1. The second-order valence-corrected chi connectivity index (χ2v) is 3.84. The lowest BCUT2D eigenvalue weighted by Gasteiger charge is -2.25. The third kappa shape index (κ3) is 1.79. The van der Waals surface area contributed by atoms with Gasteiger partial charge in [-0.3, -0.25) is 0 Å². The minimum atomic E-state index is -1.22. The van der Waals surface area contributed by atoms with E-state index in [1.165, 1.54) is 6.07 Å². The predicted molar refractivity (Wildman–Crippen MR) is 56.0 cm³/mol. The van der Waals surface area contributed by atoms with Crippen molar-refractivity contribution in [3.8, 4) is 0 Å². The highest BCUT2D eigenvalue weighted by Gasteiger charge is 2.31. The van der Waals surface area contributed by atoms with Crippen LogP contribution in [0.3, 0.4) is 0 Å². The Balaban J connectivity index is 2.58. The molecule has 0 radical (unpaired) electrons. The standard InChI is InChI=1S/C11H10ClFO3/c12-5-6-1-2-8(13)9-7(6)3-4-16-10(9)11(14)15/h1-2,10H,3-5H2,(H,14,15)/t10-/m1/s1. The average molecular weight is 245 g/mol. The van der Waals surface area contributed by atoms with Gasteiger partial charge < -0.3 is 9.84 Å². The summed E-state index contributed by atoms with van der Waals surface area (Å²) < 4.78 is 18.7. The summed E-state index contributed by atoms with van der Waals surface area (Å²) in [4.78, 5) is 10.9. The molecule has 5 heteroatoms. The number of benzene rings is 1. The van der Waals surface area contributed by atoms with E-state index < -0.39 is 17.9 Å². The van der Waals surface area contributed by atoms with Crippen molar-refractivity contribution in [3.63, 3.8) is 0 Å². The van der Waals surface area contributed by atoms with Gasteiger partial charge in [-0.1, -0.05) is 6.07 Å². The van der Waals surface area contributed by atoms with Crippen LogP contribution in [0.15, 0.2) is 12.1 Å². The summed E-state index contributed by atoms with van der Waals surface area (Å²) in [5.74, 6) is -1.47. The van der Waals surface area contributed by atoms with Gasteiger partial charge in [0.2, 0.25) is 0 Å². The molecular weight excluding hydrogens is 235 g/mol. The van der Waals surface area contributed by atoms with Gasteiger partial charge in [0.05, 0.1) is 6.61 Å². The molecule has 3 nitrogen and oxygen atoms in total. The van der Waals surface area contributed by atoms with Crippen LogP contribution < -0.4 is 0 Å². The molecule has 1 atom stereocenters. The maximum absolute atomic E-state index is 13.6. The third-order valence-corrected chi connectivity index (χ3v) is 2.96. The minimum absolute atomic E-state index is 0.122. The van der Waals surface area contributed by atoms with Crippen molar-refractivity contribution in [1.82, 2.24) is 0 Å². The quantitative estimate of drug-likeness (QED) is 0.812. The fraction of sp³-hybridized carbons (Fsp3) is 0.364. The Morgan fingerprint density at radius 2 is 2.38 bits per heavy atom. The zero-order chi connectivity index (χ0) is 11.7. The number of carbonyl (C=O) groups is 1. The van der Waals surface area contributed by atoms with Crippen LogP contribution >= 0.6 is 11.6 Å². The van der Waals surface area contributed by atoms with E-state index in [0.29, 0.717) is 12.0 Å². The van der Waals surface area contributed by atoms with E-state index in [2.05, 4.69) is 0 Å². The van der Waals surface area contributed by atoms with Crippen molar-refractivity contribution in [1.29, 1.82) is 0 Å². The molecule has 0 unspecified atom stereocenters. The molecule has 1 aromatic carbocycles. The Hall–Kier alpha value is -1.13. The summed E-state index contributed by atoms with van der Waals surface area (Å²) >= 11 is 5.73. The monoisotopic (exact) mass is 244 g/mol. The summed E-state index contributed by atoms with van der Waals surface area (Å²) in [5.41, 5.74) is 1.57. The Bertz CT molecular complexity index is 433. The highest BCUT2D eigenvalue weighted by atomic mass is 35.5. The highest BCUT2D eigenvalue weighted by Crippen LogP contribution is 2.32. The van der Waals surface area contributed by atoms with Crippen LogP contribution in [0, 0.1) is 5.82 Å². The predicted octanol–water partition coefficient (Wildman–Crippen LogP) is 2.26. The fourth-order valence-electron chi connectivity index (χ4n) is 1.94. The molecule has 1 heterocycles. The number of hydrogen-bond acceptors (Lipinski definition) is 2. The molecule has 0 fully saturated rings. The number of hydrogen-bond donors (Lipinski definition) is 1. The first-order chi connectivity index (χ1) is 7.65. The summed E-state index contributed by atoms with van der Waals surface area (Å²) in [6.45, 7) is 0.275. The second kappa shape index (κ2) is 4.39. The molecule has 1 aliphatic heterocycles. The van der Waals surface area contributed by atoms with Gasteiger partial charge in [-0.15, -0.1) is 11.6 Å². The van der Waals surface area contributed by atoms with E-state index in [-0.39, 0.29) is 18.1 Å². The van der Waals surface area contributed by atoms with Crippen LogP contribution in [0.1, 0.15) is 22.8 Å². The molecule has 0 aromatic heterocycles. The van der Waals surface area contributed by atoms with Gasteiger partial charge in [0.15, 0.2) is 6.10 Å². The largest absolute Gasteiger partial charge is 0.479 e. The molecule has 0 saturated carbocycles. The zero-order valence-electron chi connectivity index (χ0n) is 8.37. The minimum Gasteiger partial charge on any atom is -0.479 e. The number of carboxylic acid groups (broad SMARTS) is 1. The number of ether oxygens (including phenoxy) is 1. The van der Waals surface area contributed by atoms with Crippen LogP contribution in [0.25, 0.3) is 0 Å². The van der Waals surface area contributed by atoms with E-state index in [1.807, 2.05) is 0 Å². The van der Waals surface area contributed by atoms with Crippen LogP contribution in [0.2, 0.25) is 0 Å². The van der Waals surface area contributed by atoms with Crippen molar-refractivity contribution < 1.29 is 19.0 Å². The van der Waals surface area contributed by atoms with Crippen molar-refractivity contribution in [3.05, 3.63) is 34.6 Å². The number of carboxylic acids is 1.